The molecule has 2 nitrogen and oxygen atoms in total. The van der Waals surface area contributed by atoms with Gasteiger partial charge in [-0.2, -0.15) is 11.3 Å². The Morgan fingerprint density at radius 2 is 1.45 bits per heavy atom. The molecule has 0 spiro atoms. The smallest absolute Gasteiger partial charge is 0.0795 e. The molecule has 8 aromatic rings. The quantitative estimate of drug-likeness (QED) is 0.123. The van der Waals surface area contributed by atoms with Crippen molar-refractivity contribution in [2.24, 2.45) is 0 Å². The minimum absolute atomic E-state index is 0. The molecule has 0 aliphatic rings. The summed E-state index contributed by atoms with van der Waals surface area (Å²) in [6.45, 7) is 17.7. The fourth-order valence-electron chi connectivity index (χ4n) is 6.59. The van der Waals surface area contributed by atoms with E-state index in [-0.39, 0.29) is 25.5 Å². The zero-order valence-corrected chi connectivity index (χ0v) is 37.1. The van der Waals surface area contributed by atoms with Crippen LogP contribution in [0.5, 0.6) is 0 Å². The van der Waals surface area contributed by atoms with Crippen molar-refractivity contribution in [3.8, 4) is 33.6 Å². The molecule has 5 heteroatoms. The van der Waals surface area contributed by atoms with Crippen LogP contribution >= 0.6 is 11.3 Å². The monoisotopic (exact) mass is 930 g/mol. The van der Waals surface area contributed by atoms with Gasteiger partial charge in [0.15, 0.2) is 0 Å². The van der Waals surface area contributed by atoms with E-state index < -0.39 is 14.0 Å². The summed E-state index contributed by atoms with van der Waals surface area (Å²) in [6, 6.07) is 51.0. The molecule has 0 amide bonds. The van der Waals surface area contributed by atoms with Gasteiger partial charge in [0.1, 0.15) is 0 Å². The summed E-state index contributed by atoms with van der Waals surface area (Å²) < 4.78 is 11.8. The molecular formula is C50H48IrN2SSi-2. The molecule has 0 bridgehead atoms. The first-order valence-electron chi connectivity index (χ1n) is 19.1. The Morgan fingerprint density at radius 3 is 2.11 bits per heavy atom. The maximum Gasteiger partial charge on any atom is 0.0795 e. The van der Waals surface area contributed by atoms with E-state index in [0.29, 0.717) is 0 Å². The second-order valence-corrected chi connectivity index (χ2v) is 22.2. The van der Waals surface area contributed by atoms with Crippen molar-refractivity contribution < 1.29 is 21.5 Å². The number of fused-ring (bicyclic) bond motifs is 3. The van der Waals surface area contributed by atoms with Crippen LogP contribution in [0.15, 0.2) is 140 Å². The normalized spacial score (nSPS) is 13.0. The van der Waals surface area contributed by atoms with Crippen LogP contribution in [0.25, 0.3) is 53.8 Å². The van der Waals surface area contributed by atoms with Crippen molar-refractivity contribution in [1.82, 2.24) is 9.97 Å². The third-order valence-electron chi connectivity index (χ3n) is 10.1. The number of pyridine rings is 2. The average molecular weight is 930 g/mol. The summed E-state index contributed by atoms with van der Waals surface area (Å²) in [5.74, 6) is -0.898. The van der Waals surface area contributed by atoms with Crippen molar-refractivity contribution >= 4 is 44.8 Å². The van der Waals surface area contributed by atoms with E-state index in [1.54, 1.807) is 11.3 Å². The zero-order valence-electron chi connectivity index (χ0n) is 33.9. The Bertz CT molecular complexity index is 2570. The Kier molecular flexibility index (Phi) is 11.8. The Labute approximate surface area is 347 Å². The van der Waals surface area contributed by atoms with Crippen LogP contribution in [0.3, 0.4) is 0 Å². The van der Waals surface area contributed by atoms with E-state index in [0.717, 1.165) is 33.6 Å². The molecule has 0 aliphatic heterocycles. The van der Waals surface area contributed by atoms with E-state index in [1.165, 1.54) is 47.6 Å². The van der Waals surface area contributed by atoms with Crippen molar-refractivity contribution in [3.05, 3.63) is 174 Å². The average Bonchev–Trinajstić information content (AvgIpc) is 3.56. The van der Waals surface area contributed by atoms with Gasteiger partial charge < -0.3 is 9.97 Å². The van der Waals surface area contributed by atoms with E-state index in [9.17, 15) is 1.37 Å². The third-order valence-corrected chi connectivity index (χ3v) is 13.3. The van der Waals surface area contributed by atoms with Gasteiger partial charge in [-0.05, 0) is 78.9 Å². The maximum absolute atomic E-state index is 9.33. The number of thiophene rings is 1. The molecule has 0 fully saturated rings. The van der Waals surface area contributed by atoms with Gasteiger partial charge in [-0.15, -0.1) is 59.7 Å². The van der Waals surface area contributed by atoms with Crippen LogP contribution in [0, 0.1) is 19.1 Å². The zero-order chi connectivity index (χ0) is 39.0. The number of nitrogens with zero attached hydrogens (tertiary/aromatic N) is 2. The Balaban J connectivity index is 0.000000263. The van der Waals surface area contributed by atoms with Crippen molar-refractivity contribution in [1.29, 1.82) is 0 Å². The molecule has 5 aromatic carbocycles. The molecule has 279 valence electrons. The summed E-state index contributed by atoms with van der Waals surface area (Å²) >= 11 is 1.79. The molecule has 55 heavy (non-hydrogen) atoms. The number of aryl methyl sites for hydroxylation is 1. The molecule has 1 atom stereocenters. The molecule has 0 N–H and O–H groups in total. The third kappa shape index (κ3) is 9.14. The van der Waals surface area contributed by atoms with E-state index >= 15 is 0 Å². The van der Waals surface area contributed by atoms with E-state index in [2.05, 4.69) is 155 Å². The molecule has 0 saturated carbocycles. The summed E-state index contributed by atoms with van der Waals surface area (Å²) in [6.07, 6.45) is 3.85. The summed E-state index contributed by atoms with van der Waals surface area (Å²) in [7, 11) is -1.23. The van der Waals surface area contributed by atoms with Gasteiger partial charge in [0.2, 0.25) is 0 Å². The molecule has 1 radical (unpaired) electrons. The first-order valence-corrected chi connectivity index (χ1v) is 23.0. The first kappa shape index (κ1) is 38.7. The molecule has 8 rings (SSSR count). The van der Waals surface area contributed by atoms with Crippen LogP contribution in [0.1, 0.15) is 57.2 Å². The van der Waals surface area contributed by atoms with Crippen molar-refractivity contribution in [2.45, 2.75) is 65.6 Å². The van der Waals surface area contributed by atoms with Crippen molar-refractivity contribution in [2.75, 3.05) is 0 Å². The SMILES string of the molecule is C[Si](C)(C)c1ccc(-c2[c-]cccc2)nc1.[2H]C(C)(c1ccc(C(C)(C)C)cc1)c1ccnc(-c2[c-]ccc3c2sc2cc(-c4ccc(C)cc4)ccc23)c1.[Ir]. The number of hydrogen-bond acceptors (Lipinski definition) is 3. The van der Waals surface area contributed by atoms with E-state index in [4.69, 9.17) is 4.98 Å². The molecule has 3 heterocycles. The van der Waals surface area contributed by atoms with Gasteiger partial charge in [0.05, 0.1) is 8.07 Å². The molecule has 3 aromatic heterocycles. The summed E-state index contributed by atoms with van der Waals surface area (Å²) in [5, 5.41) is 3.87. The number of aromatic nitrogens is 2. The molecule has 0 saturated heterocycles. The number of benzene rings is 5. The number of hydrogen-bond donors (Lipinski definition) is 0. The largest absolute Gasteiger partial charge is 0.305 e. The first-order chi connectivity index (χ1) is 26.2. The minimum Gasteiger partial charge on any atom is -0.305 e. The standard InChI is InChI=1S/C36H32NS.C14H16NSi.Ir/c1-23-9-11-26(12-10-23)28-15-18-30-31-7-6-8-32(35(31)38-34(30)22-28)33-21-27(19-20-37-33)24(2)25-13-16-29(17-14-25)36(3,4)5;1-16(2,3)13-9-10-14(15-11-13)12-7-5-4-6-8-12;/h6-7,9-22,24H,1-5H3;4-7,9-11H,1-3H3;/q2*-1;/i24D;;. The Hall–Kier alpha value is -4.51. The van der Waals surface area contributed by atoms with Crippen LogP contribution in [-0.4, -0.2) is 18.0 Å². The second-order valence-electron chi connectivity index (χ2n) is 16.1. The van der Waals surface area contributed by atoms with Gasteiger partial charge in [-0.1, -0.05) is 137 Å². The topological polar surface area (TPSA) is 25.8 Å². The predicted molar refractivity (Wildman–Crippen MR) is 236 cm³/mol. The van der Waals surface area contributed by atoms with Crippen LogP contribution in [0.4, 0.5) is 0 Å². The van der Waals surface area contributed by atoms with Crippen LogP contribution in [-0.2, 0) is 25.5 Å². The minimum atomic E-state index is -1.23. The van der Waals surface area contributed by atoms with Gasteiger partial charge >= 0.3 is 0 Å². The molecule has 1 unspecified atom stereocenters. The van der Waals surface area contributed by atoms with Gasteiger partial charge in [-0.25, -0.2) is 0 Å². The summed E-state index contributed by atoms with van der Waals surface area (Å²) in [4.78, 5) is 9.27. The summed E-state index contributed by atoms with van der Waals surface area (Å²) in [5.41, 5.74) is 10.9. The molecular weight excluding hydrogens is 881 g/mol. The fraction of sp³-hybridized carbons (Fsp3) is 0.200. The van der Waals surface area contributed by atoms with Crippen molar-refractivity contribution in [3.63, 3.8) is 0 Å². The number of rotatable bonds is 6. The second kappa shape index (κ2) is 16.7. The molecule has 0 aliphatic carbocycles. The van der Waals surface area contributed by atoms with Crippen LogP contribution < -0.4 is 5.19 Å². The Morgan fingerprint density at radius 1 is 0.709 bits per heavy atom. The van der Waals surface area contributed by atoms with E-state index in [1.807, 2.05) is 55.7 Å². The predicted octanol–water partition coefficient (Wildman–Crippen LogP) is 13.4. The fourth-order valence-corrected chi connectivity index (χ4v) is 8.88. The van der Waals surface area contributed by atoms with Gasteiger partial charge in [0.25, 0.3) is 0 Å². The van der Waals surface area contributed by atoms with Gasteiger partial charge in [-0.3, -0.25) is 0 Å². The van der Waals surface area contributed by atoms with Crippen LogP contribution in [0.2, 0.25) is 19.6 Å². The van der Waals surface area contributed by atoms with Gasteiger partial charge in [0, 0.05) is 44.5 Å². The maximum atomic E-state index is 9.33.